The molecule has 6 nitrogen and oxygen atoms in total. The van der Waals surface area contributed by atoms with Crippen molar-refractivity contribution in [3.8, 4) is 0 Å². The Kier molecular flexibility index (Phi) is 3.68. The van der Waals surface area contributed by atoms with Crippen molar-refractivity contribution < 1.29 is 14.6 Å². The topological polar surface area (TPSA) is 67.6 Å². The lowest BCUT2D eigenvalue weighted by Gasteiger charge is -2.32. The molecule has 1 aliphatic heterocycles. The van der Waals surface area contributed by atoms with Gasteiger partial charge in [-0.25, -0.2) is 4.98 Å². The Morgan fingerprint density at radius 3 is 2.44 bits per heavy atom. The van der Waals surface area contributed by atoms with Crippen molar-refractivity contribution in [1.82, 2.24) is 14.5 Å². The largest absolute Gasteiger partial charge is 0.480 e. The van der Waals surface area contributed by atoms with E-state index in [0.29, 0.717) is 26.3 Å². The van der Waals surface area contributed by atoms with Gasteiger partial charge in [-0.05, 0) is 13.8 Å². The Balaban J connectivity index is 2.37. The summed E-state index contributed by atoms with van der Waals surface area (Å²) < 4.78 is 7.14. The Bertz CT molecular complexity index is 450. The first-order chi connectivity index (χ1) is 8.52. The third kappa shape index (κ3) is 2.26. The number of carboxylic acid groups (broad SMARTS) is 1. The molecule has 6 heteroatoms. The first-order valence-electron chi connectivity index (χ1n) is 6.06. The highest BCUT2D eigenvalue weighted by Crippen LogP contribution is 2.25. The summed E-state index contributed by atoms with van der Waals surface area (Å²) in [6.07, 6.45) is 0. The lowest BCUT2D eigenvalue weighted by atomic mass is 10.1. The number of aromatic nitrogens is 2. The first-order valence-corrected chi connectivity index (χ1v) is 6.06. The van der Waals surface area contributed by atoms with Crippen LogP contribution in [0.4, 0.5) is 0 Å². The Hall–Kier alpha value is -1.40. The zero-order valence-corrected chi connectivity index (χ0v) is 11.0. The number of ether oxygens (including phenoxy) is 1. The Morgan fingerprint density at radius 1 is 1.39 bits per heavy atom. The van der Waals surface area contributed by atoms with Crippen LogP contribution in [-0.2, 0) is 16.6 Å². The highest BCUT2D eigenvalue weighted by Gasteiger charge is 2.32. The minimum Gasteiger partial charge on any atom is -0.480 e. The fourth-order valence-corrected chi connectivity index (χ4v) is 2.46. The normalized spacial score (nSPS) is 18.8. The second-order valence-corrected chi connectivity index (χ2v) is 4.58. The van der Waals surface area contributed by atoms with E-state index in [-0.39, 0.29) is 0 Å². The number of nitrogens with zero attached hydrogens (tertiary/aromatic N) is 3. The van der Waals surface area contributed by atoms with E-state index in [1.165, 1.54) is 0 Å². The molecule has 1 fully saturated rings. The fourth-order valence-electron chi connectivity index (χ4n) is 2.46. The molecule has 1 aromatic rings. The van der Waals surface area contributed by atoms with Gasteiger partial charge in [0, 0.05) is 20.1 Å². The molecule has 100 valence electrons. The molecular formula is C12H19N3O3. The van der Waals surface area contributed by atoms with Crippen molar-refractivity contribution >= 4 is 5.97 Å². The highest BCUT2D eigenvalue weighted by atomic mass is 16.5. The molecule has 1 atom stereocenters. The van der Waals surface area contributed by atoms with Gasteiger partial charge in [0.25, 0.3) is 0 Å². The molecule has 0 aromatic carbocycles. The second-order valence-electron chi connectivity index (χ2n) is 4.58. The Labute approximate surface area is 106 Å². The van der Waals surface area contributed by atoms with Crippen LogP contribution >= 0.6 is 0 Å². The number of rotatable bonds is 3. The molecule has 1 saturated heterocycles. The molecule has 1 aliphatic rings. The molecule has 0 aliphatic carbocycles. The van der Waals surface area contributed by atoms with Crippen LogP contribution in [-0.4, -0.2) is 51.8 Å². The van der Waals surface area contributed by atoms with E-state index < -0.39 is 12.0 Å². The summed E-state index contributed by atoms with van der Waals surface area (Å²) in [5, 5.41) is 9.51. The van der Waals surface area contributed by atoms with Gasteiger partial charge in [0.1, 0.15) is 5.82 Å². The van der Waals surface area contributed by atoms with Crippen molar-refractivity contribution in [1.29, 1.82) is 0 Å². The van der Waals surface area contributed by atoms with Crippen LogP contribution in [0.1, 0.15) is 23.3 Å². The van der Waals surface area contributed by atoms with Gasteiger partial charge in [-0.2, -0.15) is 0 Å². The minimum absolute atomic E-state index is 0.583. The number of aryl methyl sites for hydroxylation is 2. The van der Waals surface area contributed by atoms with Crippen LogP contribution in [0.2, 0.25) is 0 Å². The molecule has 1 unspecified atom stereocenters. The SMILES string of the molecule is Cc1nc(C)n(C)c1C(C(=O)O)N1CCOCC1. The van der Waals surface area contributed by atoms with Crippen LogP contribution in [0.25, 0.3) is 0 Å². The number of hydrogen-bond donors (Lipinski definition) is 1. The van der Waals surface area contributed by atoms with E-state index in [2.05, 4.69) is 4.98 Å². The van der Waals surface area contributed by atoms with E-state index in [4.69, 9.17) is 4.74 Å². The summed E-state index contributed by atoms with van der Waals surface area (Å²) in [5.41, 5.74) is 1.55. The molecule has 0 saturated carbocycles. The summed E-state index contributed by atoms with van der Waals surface area (Å²) >= 11 is 0. The zero-order valence-electron chi connectivity index (χ0n) is 11.0. The van der Waals surface area contributed by atoms with Gasteiger partial charge in [-0.3, -0.25) is 9.69 Å². The summed E-state index contributed by atoms with van der Waals surface area (Å²) in [7, 11) is 1.86. The minimum atomic E-state index is -0.831. The predicted molar refractivity (Wildman–Crippen MR) is 65.5 cm³/mol. The zero-order chi connectivity index (χ0) is 13.3. The average molecular weight is 253 g/mol. The lowest BCUT2D eigenvalue weighted by Crippen LogP contribution is -2.43. The Morgan fingerprint density at radius 2 is 2.00 bits per heavy atom. The van der Waals surface area contributed by atoms with Gasteiger partial charge in [-0.15, -0.1) is 0 Å². The van der Waals surface area contributed by atoms with E-state index in [1.807, 2.05) is 30.4 Å². The third-order valence-electron chi connectivity index (χ3n) is 3.45. The summed E-state index contributed by atoms with van der Waals surface area (Å²) in [5.74, 6) is 0.00464. The van der Waals surface area contributed by atoms with Crippen LogP contribution in [0.15, 0.2) is 0 Å². The molecule has 1 N–H and O–H groups in total. The van der Waals surface area contributed by atoms with Gasteiger partial charge >= 0.3 is 5.97 Å². The molecule has 1 aromatic heterocycles. The molecule has 0 radical (unpaired) electrons. The van der Waals surface area contributed by atoms with E-state index >= 15 is 0 Å². The van der Waals surface area contributed by atoms with Gasteiger partial charge in [0.05, 0.1) is 24.6 Å². The fraction of sp³-hybridized carbons (Fsp3) is 0.667. The van der Waals surface area contributed by atoms with Crippen molar-refractivity contribution in [3.63, 3.8) is 0 Å². The standard InChI is InChI=1S/C12H19N3O3/c1-8-10(14(3)9(2)13-8)11(12(16)17)15-4-6-18-7-5-15/h11H,4-7H2,1-3H3,(H,16,17). The van der Waals surface area contributed by atoms with Gasteiger partial charge in [0.15, 0.2) is 6.04 Å². The van der Waals surface area contributed by atoms with Crippen molar-refractivity contribution in [2.45, 2.75) is 19.9 Å². The predicted octanol–water partition coefficient (Wildman–Crippen LogP) is 0.495. The monoisotopic (exact) mass is 253 g/mol. The van der Waals surface area contributed by atoms with Crippen LogP contribution in [0, 0.1) is 13.8 Å². The number of carboxylic acids is 1. The molecule has 2 heterocycles. The van der Waals surface area contributed by atoms with Crippen LogP contribution in [0.3, 0.4) is 0 Å². The summed E-state index contributed by atoms with van der Waals surface area (Å²) in [4.78, 5) is 17.9. The molecule has 0 spiro atoms. The van der Waals surface area contributed by atoms with Gasteiger partial charge < -0.3 is 14.4 Å². The van der Waals surface area contributed by atoms with E-state index in [1.54, 1.807) is 0 Å². The highest BCUT2D eigenvalue weighted by molar-refractivity contribution is 5.75. The number of carbonyl (C=O) groups is 1. The van der Waals surface area contributed by atoms with Crippen LogP contribution in [0.5, 0.6) is 0 Å². The van der Waals surface area contributed by atoms with Gasteiger partial charge in [0.2, 0.25) is 0 Å². The van der Waals surface area contributed by atoms with E-state index in [9.17, 15) is 9.90 Å². The maximum atomic E-state index is 11.6. The van der Waals surface area contributed by atoms with Crippen molar-refractivity contribution in [2.75, 3.05) is 26.3 Å². The maximum Gasteiger partial charge on any atom is 0.327 e. The summed E-state index contributed by atoms with van der Waals surface area (Å²) in [6, 6.07) is -0.639. The molecule has 2 rings (SSSR count). The molecule has 0 bridgehead atoms. The summed E-state index contributed by atoms with van der Waals surface area (Å²) in [6.45, 7) is 6.19. The lowest BCUT2D eigenvalue weighted by molar-refractivity contribution is -0.145. The van der Waals surface area contributed by atoms with E-state index in [0.717, 1.165) is 17.2 Å². The maximum absolute atomic E-state index is 11.6. The second kappa shape index (κ2) is 5.07. The van der Waals surface area contributed by atoms with Crippen molar-refractivity contribution in [3.05, 3.63) is 17.2 Å². The average Bonchev–Trinajstić information content (AvgIpc) is 2.57. The molecular weight excluding hydrogens is 234 g/mol. The quantitative estimate of drug-likeness (QED) is 0.849. The van der Waals surface area contributed by atoms with Crippen molar-refractivity contribution in [2.24, 2.45) is 7.05 Å². The number of hydrogen-bond acceptors (Lipinski definition) is 4. The van der Waals surface area contributed by atoms with Crippen LogP contribution < -0.4 is 0 Å². The third-order valence-corrected chi connectivity index (χ3v) is 3.45. The number of morpholine rings is 1. The smallest absolute Gasteiger partial charge is 0.327 e. The first kappa shape index (κ1) is 13.0. The number of imidazole rings is 1. The molecule has 0 amide bonds. The number of aliphatic carboxylic acids is 1. The van der Waals surface area contributed by atoms with Gasteiger partial charge in [-0.1, -0.05) is 0 Å². The molecule has 18 heavy (non-hydrogen) atoms.